The average molecular weight is 257 g/mol. The van der Waals surface area contributed by atoms with Crippen LogP contribution in [-0.2, 0) is 6.54 Å². The second-order valence-electron chi connectivity index (χ2n) is 3.28. The van der Waals surface area contributed by atoms with E-state index in [1.54, 1.807) is 7.05 Å². The van der Waals surface area contributed by atoms with Crippen molar-refractivity contribution in [1.82, 2.24) is 15.5 Å². The Morgan fingerprint density at radius 1 is 1.41 bits per heavy atom. The van der Waals surface area contributed by atoms with Crippen LogP contribution in [0.15, 0.2) is 22.6 Å². The first kappa shape index (κ1) is 11.8. The van der Waals surface area contributed by atoms with Gasteiger partial charge in [-0.1, -0.05) is 16.7 Å². The largest absolute Gasteiger partial charge is 0.406 e. The van der Waals surface area contributed by atoms with Crippen molar-refractivity contribution in [3.05, 3.63) is 34.9 Å². The molecule has 1 aromatic heterocycles. The van der Waals surface area contributed by atoms with Gasteiger partial charge in [0.1, 0.15) is 5.82 Å². The van der Waals surface area contributed by atoms with E-state index in [2.05, 4.69) is 20.8 Å². The summed E-state index contributed by atoms with van der Waals surface area (Å²) in [6.45, 7) is 0.478. The number of aromatic nitrogens is 2. The normalized spacial score (nSPS) is 10.5. The molecule has 0 fully saturated rings. The highest BCUT2D eigenvalue weighted by Gasteiger charge is 2.08. The molecule has 7 heteroatoms. The zero-order chi connectivity index (χ0) is 12.3. The molecule has 17 heavy (non-hydrogen) atoms. The number of hydrogen-bond acceptors (Lipinski definition) is 5. The highest BCUT2D eigenvalue weighted by atomic mass is 35.5. The highest BCUT2D eigenvalue weighted by molar-refractivity contribution is 6.33. The lowest BCUT2D eigenvalue weighted by molar-refractivity contribution is 0.493. The van der Waals surface area contributed by atoms with E-state index in [0.29, 0.717) is 18.1 Å². The molecule has 0 atom stereocenters. The lowest BCUT2D eigenvalue weighted by atomic mass is 10.3. The lowest BCUT2D eigenvalue weighted by Crippen LogP contribution is -2.04. The van der Waals surface area contributed by atoms with Crippen LogP contribution in [0.3, 0.4) is 0 Å². The number of nitrogens with zero attached hydrogens (tertiary/aromatic N) is 2. The van der Waals surface area contributed by atoms with E-state index in [1.165, 1.54) is 18.2 Å². The van der Waals surface area contributed by atoms with Gasteiger partial charge in [-0.2, -0.15) is 0 Å². The third-order valence-corrected chi connectivity index (χ3v) is 2.28. The molecular weight excluding hydrogens is 247 g/mol. The summed E-state index contributed by atoms with van der Waals surface area (Å²) in [5.41, 5.74) is 0.507. The maximum atomic E-state index is 12.8. The zero-order valence-corrected chi connectivity index (χ0v) is 9.75. The highest BCUT2D eigenvalue weighted by Crippen LogP contribution is 2.25. The van der Waals surface area contributed by atoms with Crippen LogP contribution in [0.25, 0.3) is 0 Å². The first-order valence-corrected chi connectivity index (χ1v) is 5.26. The first-order valence-electron chi connectivity index (χ1n) is 4.88. The smallest absolute Gasteiger partial charge is 0.320 e. The molecule has 0 amide bonds. The molecule has 0 bridgehead atoms. The molecular formula is C10H10ClFN4O. The summed E-state index contributed by atoms with van der Waals surface area (Å²) in [4.78, 5) is 0. The van der Waals surface area contributed by atoms with Crippen LogP contribution in [0.5, 0.6) is 0 Å². The van der Waals surface area contributed by atoms with E-state index in [-0.39, 0.29) is 11.0 Å². The minimum atomic E-state index is -0.401. The zero-order valence-electron chi connectivity index (χ0n) is 9.00. The SMILES string of the molecule is CNCc1nnc(Nc2ccc(F)cc2Cl)o1. The summed E-state index contributed by atoms with van der Waals surface area (Å²) in [6, 6.07) is 4.21. The predicted octanol–water partition coefficient (Wildman–Crippen LogP) is 2.33. The molecule has 0 radical (unpaired) electrons. The van der Waals surface area contributed by atoms with E-state index in [1.807, 2.05) is 0 Å². The maximum absolute atomic E-state index is 12.8. The van der Waals surface area contributed by atoms with Gasteiger partial charge < -0.3 is 15.1 Å². The summed E-state index contributed by atoms with van der Waals surface area (Å²) in [5.74, 6) is 0.0511. The average Bonchev–Trinajstić information content (AvgIpc) is 2.71. The fraction of sp³-hybridized carbons (Fsp3) is 0.200. The van der Waals surface area contributed by atoms with Gasteiger partial charge in [0.05, 0.1) is 17.3 Å². The monoisotopic (exact) mass is 256 g/mol. The van der Waals surface area contributed by atoms with E-state index in [0.717, 1.165) is 0 Å². The molecule has 2 N–H and O–H groups in total. The second kappa shape index (κ2) is 5.11. The standard InChI is InChI=1S/C10H10ClFN4O/c1-13-5-9-15-16-10(17-9)14-8-3-2-6(12)4-7(8)11/h2-4,13H,5H2,1H3,(H,14,16). The molecule has 0 unspecified atom stereocenters. The fourth-order valence-electron chi connectivity index (χ4n) is 1.23. The summed E-state index contributed by atoms with van der Waals surface area (Å²) in [5, 5.41) is 13.5. The molecule has 0 saturated heterocycles. The van der Waals surface area contributed by atoms with Crippen molar-refractivity contribution in [3.8, 4) is 0 Å². The number of anilines is 2. The molecule has 1 heterocycles. The third-order valence-electron chi connectivity index (χ3n) is 1.97. The van der Waals surface area contributed by atoms with E-state index in [4.69, 9.17) is 16.0 Å². The Morgan fingerprint density at radius 3 is 2.94 bits per heavy atom. The third kappa shape index (κ3) is 2.92. The molecule has 0 spiro atoms. The van der Waals surface area contributed by atoms with Crippen LogP contribution >= 0.6 is 11.6 Å². The number of rotatable bonds is 4. The second-order valence-corrected chi connectivity index (χ2v) is 3.69. The Morgan fingerprint density at radius 2 is 2.24 bits per heavy atom. The Balaban J connectivity index is 2.13. The van der Waals surface area contributed by atoms with Crippen LogP contribution in [0.1, 0.15) is 5.89 Å². The van der Waals surface area contributed by atoms with E-state index >= 15 is 0 Å². The quantitative estimate of drug-likeness (QED) is 0.879. The number of halogens is 2. The Kier molecular flexibility index (Phi) is 3.55. The minimum Gasteiger partial charge on any atom is -0.406 e. The van der Waals surface area contributed by atoms with Crippen molar-refractivity contribution in [1.29, 1.82) is 0 Å². The van der Waals surface area contributed by atoms with Crippen molar-refractivity contribution in [2.75, 3.05) is 12.4 Å². The molecule has 90 valence electrons. The molecule has 2 rings (SSSR count). The van der Waals surface area contributed by atoms with Crippen LogP contribution in [0.2, 0.25) is 5.02 Å². The summed E-state index contributed by atoms with van der Waals surface area (Å²) < 4.78 is 18.1. The molecule has 0 aliphatic heterocycles. The van der Waals surface area contributed by atoms with Crippen molar-refractivity contribution in [2.24, 2.45) is 0 Å². The maximum Gasteiger partial charge on any atom is 0.320 e. The van der Waals surface area contributed by atoms with Gasteiger partial charge in [-0.05, 0) is 25.2 Å². The molecule has 2 aromatic rings. The summed E-state index contributed by atoms with van der Waals surface area (Å²) in [6.07, 6.45) is 0. The number of benzene rings is 1. The molecule has 0 aliphatic carbocycles. The summed E-state index contributed by atoms with van der Waals surface area (Å²) in [7, 11) is 1.77. The Labute approximate surface area is 102 Å². The van der Waals surface area contributed by atoms with Gasteiger partial charge >= 0.3 is 6.01 Å². The van der Waals surface area contributed by atoms with Crippen molar-refractivity contribution in [3.63, 3.8) is 0 Å². The lowest BCUT2D eigenvalue weighted by Gasteiger charge is -2.03. The van der Waals surface area contributed by atoms with Crippen molar-refractivity contribution >= 4 is 23.3 Å². The van der Waals surface area contributed by atoms with Crippen LogP contribution in [-0.4, -0.2) is 17.2 Å². The van der Waals surface area contributed by atoms with Gasteiger partial charge in [-0.3, -0.25) is 0 Å². The Hall–Kier alpha value is -1.66. The molecule has 1 aromatic carbocycles. The van der Waals surface area contributed by atoms with Gasteiger partial charge in [-0.15, -0.1) is 5.10 Å². The van der Waals surface area contributed by atoms with Gasteiger partial charge in [0.25, 0.3) is 0 Å². The van der Waals surface area contributed by atoms with Crippen molar-refractivity contribution < 1.29 is 8.81 Å². The van der Waals surface area contributed by atoms with Gasteiger partial charge in [0.15, 0.2) is 0 Å². The van der Waals surface area contributed by atoms with Crippen LogP contribution < -0.4 is 10.6 Å². The van der Waals surface area contributed by atoms with Crippen LogP contribution in [0.4, 0.5) is 16.1 Å². The molecule has 0 aliphatic rings. The number of hydrogen-bond donors (Lipinski definition) is 2. The minimum absolute atomic E-state index is 0.212. The fourth-order valence-corrected chi connectivity index (χ4v) is 1.45. The summed E-state index contributed by atoms with van der Waals surface area (Å²) >= 11 is 5.84. The van der Waals surface area contributed by atoms with E-state index < -0.39 is 5.82 Å². The first-order chi connectivity index (χ1) is 8.19. The van der Waals surface area contributed by atoms with Gasteiger partial charge in [0, 0.05) is 0 Å². The van der Waals surface area contributed by atoms with Crippen LogP contribution in [0, 0.1) is 5.82 Å². The van der Waals surface area contributed by atoms with Gasteiger partial charge in [-0.25, -0.2) is 4.39 Å². The van der Waals surface area contributed by atoms with Gasteiger partial charge in [0.2, 0.25) is 5.89 Å². The molecule has 5 nitrogen and oxygen atoms in total. The predicted molar refractivity (Wildman–Crippen MR) is 61.8 cm³/mol. The number of nitrogens with one attached hydrogen (secondary N) is 2. The van der Waals surface area contributed by atoms with Crippen molar-refractivity contribution in [2.45, 2.75) is 6.54 Å². The molecule has 0 saturated carbocycles. The Bertz CT molecular complexity index is 517. The van der Waals surface area contributed by atoms with E-state index in [9.17, 15) is 4.39 Å². The topological polar surface area (TPSA) is 63.0 Å².